The number of carbonyl (C=O) groups excluding carboxylic acids is 1. The standard InChI is InChI=1S/C24H21F2N3O/c1-16-10-13-29(24-27-11-3-12-28-24)15-19(16)18-8-6-17(7-9-18)14-22(30)23-20(25)4-2-5-21(23)26/h2-9,11-12H,10,13-15H2,1H3. The number of benzene rings is 2. The van der Waals surface area contributed by atoms with Crippen molar-refractivity contribution in [2.24, 2.45) is 0 Å². The minimum Gasteiger partial charge on any atom is -0.336 e. The van der Waals surface area contributed by atoms with E-state index in [1.54, 1.807) is 18.5 Å². The highest BCUT2D eigenvalue weighted by Crippen LogP contribution is 2.28. The molecule has 3 aromatic rings. The number of aromatic nitrogens is 2. The molecule has 2 aromatic carbocycles. The summed E-state index contributed by atoms with van der Waals surface area (Å²) >= 11 is 0. The number of hydrogen-bond donors (Lipinski definition) is 0. The number of ketones is 1. The van der Waals surface area contributed by atoms with Crippen LogP contribution in [0.5, 0.6) is 0 Å². The molecule has 0 saturated carbocycles. The minimum atomic E-state index is -0.831. The minimum absolute atomic E-state index is 0.0554. The second kappa shape index (κ2) is 8.53. The van der Waals surface area contributed by atoms with Crippen molar-refractivity contribution in [1.82, 2.24) is 9.97 Å². The third-order valence-corrected chi connectivity index (χ3v) is 5.36. The van der Waals surface area contributed by atoms with Crippen LogP contribution in [0.1, 0.15) is 34.8 Å². The number of carbonyl (C=O) groups is 1. The average Bonchev–Trinajstić information content (AvgIpc) is 2.75. The number of nitrogens with zero attached hydrogens (tertiary/aromatic N) is 3. The lowest BCUT2D eigenvalue weighted by molar-refractivity contribution is 0.0985. The van der Waals surface area contributed by atoms with Gasteiger partial charge in [-0.3, -0.25) is 4.79 Å². The van der Waals surface area contributed by atoms with Gasteiger partial charge in [-0.15, -0.1) is 0 Å². The first-order chi connectivity index (χ1) is 14.5. The first-order valence-corrected chi connectivity index (χ1v) is 9.80. The number of rotatable bonds is 5. The fourth-order valence-electron chi connectivity index (χ4n) is 3.68. The van der Waals surface area contributed by atoms with E-state index in [4.69, 9.17) is 0 Å². The van der Waals surface area contributed by atoms with Crippen LogP contribution in [0.2, 0.25) is 0 Å². The smallest absolute Gasteiger partial charge is 0.225 e. The summed E-state index contributed by atoms with van der Waals surface area (Å²) in [6.45, 7) is 3.69. The van der Waals surface area contributed by atoms with Crippen LogP contribution < -0.4 is 4.90 Å². The van der Waals surface area contributed by atoms with Crippen molar-refractivity contribution in [3.63, 3.8) is 0 Å². The largest absolute Gasteiger partial charge is 0.336 e. The Labute approximate surface area is 173 Å². The lowest BCUT2D eigenvalue weighted by Gasteiger charge is -2.30. The Balaban J connectivity index is 1.51. The first-order valence-electron chi connectivity index (χ1n) is 9.80. The molecule has 1 aliphatic rings. The van der Waals surface area contributed by atoms with Gasteiger partial charge in [-0.05, 0) is 48.2 Å². The highest BCUT2D eigenvalue weighted by Gasteiger charge is 2.20. The quantitative estimate of drug-likeness (QED) is 0.569. The molecule has 1 aromatic heterocycles. The van der Waals surface area contributed by atoms with Crippen LogP contribution in [-0.2, 0) is 6.42 Å². The maximum absolute atomic E-state index is 13.8. The zero-order valence-corrected chi connectivity index (χ0v) is 16.6. The summed E-state index contributed by atoms with van der Waals surface area (Å²) in [4.78, 5) is 23.2. The zero-order valence-electron chi connectivity index (χ0n) is 16.6. The molecule has 0 bridgehead atoms. The molecule has 0 unspecified atom stereocenters. The number of halogens is 2. The van der Waals surface area contributed by atoms with Gasteiger partial charge in [0.05, 0.1) is 5.56 Å². The Kier molecular flexibility index (Phi) is 5.65. The Hall–Kier alpha value is -3.41. The molecule has 30 heavy (non-hydrogen) atoms. The predicted octanol–water partition coefficient (Wildman–Crippen LogP) is 4.86. The molecule has 0 N–H and O–H groups in total. The van der Waals surface area contributed by atoms with Crippen molar-refractivity contribution < 1.29 is 13.6 Å². The molecule has 152 valence electrons. The van der Waals surface area contributed by atoms with E-state index in [9.17, 15) is 13.6 Å². The molecule has 0 saturated heterocycles. The molecule has 0 spiro atoms. The predicted molar refractivity (Wildman–Crippen MR) is 112 cm³/mol. The lowest BCUT2D eigenvalue weighted by atomic mass is 9.93. The summed E-state index contributed by atoms with van der Waals surface area (Å²) in [5.74, 6) is -1.53. The van der Waals surface area contributed by atoms with E-state index in [-0.39, 0.29) is 6.42 Å². The molecule has 0 aliphatic carbocycles. The van der Waals surface area contributed by atoms with E-state index in [0.29, 0.717) is 18.1 Å². The Morgan fingerprint density at radius 2 is 1.67 bits per heavy atom. The Morgan fingerprint density at radius 1 is 1.00 bits per heavy atom. The molecule has 4 rings (SSSR count). The fraction of sp³-hybridized carbons (Fsp3) is 0.208. The van der Waals surface area contributed by atoms with Gasteiger partial charge in [-0.25, -0.2) is 18.7 Å². The number of anilines is 1. The van der Waals surface area contributed by atoms with Crippen LogP contribution in [0.15, 0.2) is 66.5 Å². The van der Waals surface area contributed by atoms with Gasteiger partial charge in [0.1, 0.15) is 11.6 Å². The molecular formula is C24H21F2N3O. The molecule has 6 heteroatoms. The van der Waals surface area contributed by atoms with Crippen molar-refractivity contribution in [2.75, 3.05) is 18.0 Å². The van der Waals surface area contributed by atoms with E-state index in [2.05, 4.69) is 21.8 Å². The summed E-state index contributed by atoms with van der Waals surface area (Å²) in [6, 6.07) is 12.8. The molecule has 0 atom stereocenters. The van der Waals surface area contributed by atoms with Crippen molar-refractivity contribution in [3.05, 3.63) is 94.8 Å². The van der Waals surface area contributed by atoms with E-state index in [0.717, 1.165) is 30.7 Å². The summed E-state index contributed by atoms with van der Waals surface area (Å²) in [6.07, 6.45) is 4.33. The summed E-state index contributed by atoms with van der Waals surface area (Å²) < 4.78 is 27.7. The highest BCUT2D eigenvalue weighted by atomic mass is 19.1. The van der Waals surface area contributed by atoms with Crippen LogP contribution >= 0.6 is 0 Å². The normalized spacial score (nSPS) is 14.2. The molecule has 0 amide bonds. The average molecular weight is 405 g/mol. The van der Waals surface area contributed by atoms with E-state index >= 15 is 0 Å². The third-order valence-electron chi connectivity index (χ3n) is 5.36. The van der Waals surface area contributed by atoms with Gasteiger partial charge in [0.2, 0.25) is 5.95 Å². The maximum Gasteiger partial charge on any atom is 0.225 e. The summed E-state index contributed by atoms with van der Waals surface area (Å²) in [7, 11) is 0. The Morgan fingerprint density at radius 3 is 2.33 bits per heavy atom. The van der Waals surface area contributed by atoms with Gasteiger partial charge >= 0.3 is 0 Å². The van der Waals surface area contributed by atoms with Crippen molar-refractivity contribution in [1.29, 1.82) is 0 Å². The molecule has 1 aliphatic heterocycles. The van der Waals surface area contributed by atoms with Crippen molar-refractivity contribution >= 4 is 17.3 Å². The molecule has 4 nitrogen and oxygen atoms in total. The first kappa shape index (κ1) is 19.9. The van der Waals surface area contributed by atoms with Crippen LogP contribution in [0, 0.1) is 11.6 Å². The van der Waals surface area contributed by atoms with Gasteiger partial charge < -0.3 is 4.90 Å². The molecular weight excluding hydrogens is 384 g/mol. The second-order valence-electron chi connectivity index (χ2n) is 7.37. The van der Waals surface area contributed by atoms with Gasteiger partial charge in [0, 0.05) is 31.9 Å². The highest BCUT2D eigenvalue weighted by molar-refractivity contribution is 5.98. The zero-order chi connectivity index (χ0) is 21.1. The number of hydrogen-bond acceptors (Lipinski definition) is 4. The van der Waals surface area contributed by atoms with Gasteiger partial charge in [-0.2, -0.15) is 0 Å². The summed E-state index contributed by atoms with van der Waals surface area (Å²) in [5.41, 5.74) is 3.79. The maximum atomic E-state index is 13.8. The molecule has 0 fully saturated rings. The van der Waals surface area contributed by atoms with E-state index < -0.39 is 23.0 Å². The third kappa shape index (κ3) is 4.13. The van der Waals surface area contributed by atoms with Crippen molar-refractivity contribution in [2.45, 2.75) is 19.8 Å². The van der Waals surface area contributed by atoms with Gasteiger partial charge in [0.15, 0.2) is 5.78 Å². The number of Topliss-reactive ketones (excluding diaryl/α,β-unsaturated/α-hetero) is 1. The van der Waals surface area contributed by atoms with Crippen molar-refractivity contribution in [3.8, 4) is 0 Å². The Bertz CT molecular complexity index is 1070. The van der Waals surface area contributed by atoms with E-state index in [1.165, 1.54) is 17.2 Å². The van der Waals surface area contributed by atoms with Gasteiger partial charge in [0.25, 0.3) is 0 Å². The van der Waals surface area contributed by atoms with Gasteiger partial charge in [-0.1, -0.05) is 35.9 Å². The molecule has 2 heterocycles. The van der Waals surface area contributed by atoms with E-state index in [1.807, 2.05) is 24.3 Å². The monoisotopic (exact) mass is 405 g/mol. The van der Waals surface area contributed by atoms with Crippen LogP contribution in [-0.4, -0.2) is 28.8 Å². The van der Waals surface area contributed by atoms with Crippen LogP contribution in [0.3, 0.4) is 0 Å². The summed E-state index contributed by atoms with van der Waals surface area (Å²) in [5, 5.41) is 0. The topological polar surface area (TPSA) is 46.1 Å². The van der Waals surface area contributed by atoms with Crippen LogP contribution in [0.25, 0.3) is 5.57 Å². The second-order valence-corrected chi connectivity index (χ2v) is 7.37. The van der Waals surface area contributed by atoms with Crippen LogP contribution in [0.4, 0.5) is 14.7 Å². The molecule has 0 radical (unpaired) electrons. The fourth-order valence-corrected chi connectivity index (χ4v) is 3.68. The lowest BCUT2D eigenvalue weighted by Crippen LogP contribution is -2.32. The SMILES string of the molecule is CC1=C(c2ccc(CC(=O)c3c(F)cccc3F)cc2)CN(c2ncccn2)CC1.